The van der Waals surface area contributed by atoms with Gasteiger partial charge in [-0.2, -0.15) is 5.21 Å². The first-order valence-corrected chi connectivity index (χ1v) is 4.71. The monoisotopic (exact) mass is 203 g/mol. The summed E-state index contributed by atoms with van der Waals surface area (Å²) in [7, 11) is 0. The number of aromatic amines is 1. The first-order valence-electron chi connectivity index (χ1n) is 4.71. The first-order chi connectivity index (χ1) is 7.45. The Bertz CT molecular complexity index is 426. The minimum atomic E-state index is 0.193. The van der Waals surface area contributed by atoms with Crippen molar-refractivity contribution in [2.24, 2.45) is 0 Å². The second-order valence-corrected chi connectivity index (χ2v) is 3.34. The van der Waals surface area contributed by atoms with Gasteiger partial charge in [0.1, 0.15) is 12.1 Å². The largest absolute Gasteiger partial charge is 0.346 e. The van der Waals surface area contributed by atoms with Crippen LogP contribution in [0.15, 0.2) is 18.6 Å². The molecule has 0 bridgehead atoms. The Hall–Kier alpha value is -2.05. The molecule has 0 radical (unpaired) electrons. The maximum absolute atomic E-state index is 4.19. The second kappa shape index (κ2) is 3.26. The van der Waals surface area contributed by atoms with Crippen LogP contribution in [0.5, 0.6) is 0 Å². The molecule has 2 aromatic heterocycles. The molecular weight excluding hydrogens is 194 g/mol. The van der Waals surface area contributed by atoms with E-state index in [1.807, 2.05) is 6.07 Å². The molecule has 1 fully saturated rings. The molecule has 0 aromatic carbocycles. The summed E-state index contributed by atoms with van der Waals surface area (Å²) in [6, 6.07) is 2.07. The smallest absolute Gasteiger partial charge is 0.196 e. The molecule has 0 aliphatic carbocycles. The fraction of sp³-hybridized carbons (Fsp3) is 0.375. The number of tetrazole rings is 1. The highest BCUT2D eigenvalue weighted by atomic mass is 15.5. The summed E-state index contributed by atoms with van der Waals surface area (Å²) in [6.45, 7) is 0.968. The quantitative estimate of drug-likeness (QED) is 0.736. The van der Waals surface area contributed by atoms with Crippen molar-refractivity contribution < 1.29 is 0 Å². The van der Waals surface area contributed by atoms with Crippen LogP contribution < -0.4 is 4.90 Å². The Morgan fingerprint density at radius 1 is 1.47 bits per heavy atom. The van der Waals surface area contributed by atoms with Crippen LogP contribution in [0.25, 0.3) is 0 Å². The maximum atomic E-state index is 4.19. The number of hydrogen-bond donors (Lipinski definition) is 1. The first kappa shape index (κ1) is 8.27. The van der Waals surface area contributed by atoms with Crippen LogP contribution in [0, 0.1) is 0 Å². The van der Waals surface area contributed by atoms with Crippen LogP contribution in [0.3, 0.4) is 0 Å². The van der Waals surface area contributed by atoms with Crippen LogP contribution in [0.4, 0.5) is 5.82 Å². The molecule has 1 saturated heterocycles. The summed E-state index contributed by atoms with van der Waals surface area (Å²) < 4.78 is 0. The predicted octanol–water partition coefficient (Wildman–Crippen LogP) is -0.0589. The summed E-state index contributed by atoms with van der Waals surface area (Å²) in [5.41, 5.74) is 0. The Morgan fingerprint density at radius 2 is 2.47 bits per heavy atom. The predicted molar refractivity (Wildman–Crippen MR) is 50.9 cm³/mol. The summed E-state index contributed by atoms with van der Waals surface area (Å²) in [4.78, 5) is 10.2. The fourth-order valence-electron chi connectivity index (χ4n) is 1.69. The Morgan fingerprint density at radius 3 is 3.07 bits per heavy atom. The van der Waals surface area contributed by atoms with Gasteiger partial charge >= 0.3 is 0 Å². The molecule has 1 atom stereocenters. The van der Waals surface area contributed by atoms with Gasteiger partial charge in [-0.1, -0.05) is 5.21 Å². The van der Waals surface area contributed by atoms with Gasteiger partial charge in [-0.25, -0.2) is 9.97 Å². The third-order valence-corrected chi connectivity index (χ3v) is 2.54. The number of nitrogens with one attached hydrogen (secondary N) is 1. The van der Waals surface area contributed by atoms with Gasteiger partial charge in [0.15, 0.2) is 5.82 Å². The topological polar surface area (TPSA) is 83.5 Å². The highest BCUT2D eigenvalue weighted by Crippen LogP contribution is 2.33. The zero-order chi connectivity index (χ0) is 10.1. The maximum Gasteiger partial charge on any atom is 0.196 e. The lowest BCUT2D eigenvalue weighted by molar-refractivity contribution is 0.440. The zero-order valence-electron chi connectivity index (χ0n) is 7.91. The number of H-pyrrole nitrogens is 1. The van der Waals surface area contributed by atoms with Gasteiger partial charge in [0.25, 0.3) is 0 Å². The number of nitrogens with zero attached hydrogens (tertiary/aromatic N) is 6. The molecule has 2 aromatic rings. The van der Waals surface area contributed by atoms with Gasteiger partial charge in [-0.15, -0.1) is 10.2 Å². The van der Waals surface area contributed by atoms with Crippen molar-refractivity contribution in [2.75, 3.05) is 11.4 Å². The van der Waals surface area contributed by atoms with E-state index in [1.54, 1.807) is 12.5 Å². The molecular formula is C8H9N7. The molecule has 1 aliphatic rings. The van der Waals surface area contributed by atoms with Crippen LogP contribution in [-0.2, 0) is 0 Å². The van der Waals surface area contributed by atoms with Gasteiger partial charge in [-0.3, -0.25) is 0 Å². The van der Waals surface area contributed by atoms with Crippen LogP contribution in [0.1, 0.15) is 18.3 Å². The molecule has 0 spiro atoms. The van der Waals surface area contributed by atoms with E-state index in [2.05, 4.69) is 35.5 Å². The molecule has 76 valence electrons. The van der Waals surface area contributed by atoms with Gasteiger partial charge in [0, 0.05) is 12.7 Å². The second-order valence-electron chi connectivity index (χ2n) is 3.34. The molecule has 0 amide bonds. The van der Waals surface area contributed by atoms with Crippen LogP contribution in [0.2, 0.25) is 0 Å². The summed E-state index contributed by atoms with van der Waals surface area (Å²) >= 11 is 0. The van der Waals surface area contributed by atoms with Crippen molar-refractivity contribution in [1.29, 1.82) is 0 Å². The van der Waals surface area contributed by atoms with Crippen molar-refractivity contribution in [1.82, 2.24) is 30.6 Å². The average Bonchev–Trinajstić information content (AvgIpc) is 2.71. The van der Waals surface area contributed by atoms with Crippen LogP contribution in [-0.4, -0.2) is 37.1 Å². The van der Waals surface area contributed by atoms with E-state index in [0.717, 1.165) is 24.6 Å². The van der Waals surface area contributed by atoms with Gasteiger partial charge in [0.2, 0.25) is 0 Å². The minimum absolute atomic E-state index is 0.193. The SMILES string of the molecule is c1cc(N2CCC2c2nn[nH]n2)ncn1. The molecule has 1 N–H and O–H groups in total. The average molecular weight is 203 g/mol. The van der Waals surface area contributed by atoms with Crippen LogP contribution >= 0.6 is 0 Å². The standard InChI is InChI=1S/C8H9N7/c1-3-9-5-10-7(1)15-4-2-6(15)8-11-13-14-12-8/h1,3,5-6H,2,4H2,(H,11,12,13,14). The van der Waals surface area contributed by atoms with E-state index in [-0.39, 0.29) is 6.04 Å². The molecule has 1 unspecified atom stereocenters. The molecule has 7 heteroatoms. The molecule has 1 aliphatic heterocycles. The zero-order valence-corrected chi connectivity index (χ0v) is 7.91. The molecule has 7 nitrogen and oxygen atoms in total. The highest BCUT2D eigenvalue weighted by molar-refractivity contribution is 5.42. The number of rotatable bonds is 2. The van der Waals surface area contributed by atoms with Gasteiger partial charge < -0.3 is 4.90 Å². The number of anilines is 1. The molecule has 3 heterocycles. The molecule has 15 heavy (non-hydrogen) atoms. The lowest BCUT2D eigenvalue weighted by atomic mass is 10.0. The lowest BCUT2D eigenvalue weighted by Gasteiger charge is -2.39. The molecule has 0 saturated carbocycles. The van der Waals surface area contributed by atoms with E-state index >= 15 is 0 Å². The Kier molecular flexibility index (Phi) is 1.80. The summed E-state index contributed by atoms with van der Waals surface area (Å²) in [5.74, 6) is 1.63. The van der Waals surface area contributed by atoms with E-state index in [4.69, 9.17) is 0 Å². The summed E-state index contributed by atoms with van der Waals surface area (Å²) in [6.07, 6.45) is 4.30. The van der Waals surface area contributed by atoms with E-state index in [1.165, 1.54) is 0 Å². The van der Waals surface area contributed by atoms with E-state index in [0.29, 0.717) is 0 Å². The minimum Gasteiger partial charge on any atom is -0.346 e. The fourth-order valence-corrected chi connectivity index (χ4v) is 1.69. The lowest BCUT2D eigenvalue weighted by Crippen LogP contribution is -2.42. The third-order valence-electron chi connectivity index (χ3n) is 2.54. The Balaban J connectivity index is 1.85. The summed E-state index contributed by atoms with van der Waals surface area (Å²) in [5, 5.41) is 14.0. The van der Waals surface area contributed by atoms with Crippen molar-refractivity contribution in [2.45, 2.75) is 12.5 Å². The van der Waals surface area contributed by atoms with Crippen molar-refractivity contribution >= 4 is 5.82 Å². The van der Waals surface area contributed by atoms with Crippen molar-refractivity contribution in [3.05, 3.63) is 24.4 Å². The van der Waals surface area contributed by atoms with E-state index < -0.39 is 0 Å². The van der Waals surface area contributed by atoms with Crippen molar-refractivity contribution in [3.8, 4) is 0 Å². The van der Waals surface area contributed by atoms with Gasteiger partial charge in [-0.05, 0) is 12.5 Å². The normalized spacial score (nSPS) is 20.0. The Labute approximate surface area is 85.6 Å². The van der Waals surface area contributed by atoms with E-state index in [9.17, 15) is 0 Å². The van der Waals surface area contributed by atoms with Gasteiger partial charge in [0.05, 0.1) is 6.04 Å². The third kappa shape index (κ3) is 1.32. The number of aromatic nitrogens is 6. The highest BCUT2D eigenvalue weighted by Gasteiger charge is 2.33. The number of hydrogen-bond acceptors (Lipinski definition) is 6. The molecule has 3 rings (SSSR count). The van der Waals surface area contributed by atoms with Crippen molar-refractivity contribution in [3.63, 3.8) is 0 Å².